The molecule has 2 aromatic rings. The third-order valence-corrected chi connectivity index (χ3v) is 9.28. The van der Waals surface area contributed by atoms with E-state index in [1.807, 2.05) is 6.92 Å². The van der Waals surface area contributed by atoms with Crippen LogP contribution in [-0.2, 0) is 27.5 Å². The molecular weight excluding hydrogens is 461 g/mol. The Morgan fingerprint density at radius 1 is 1.12 bits per heavy atom. The SMILES string of the molecule is Cc1ccc(S(=O)(=O)N2CCCC(C(=O)N(Cc3ccc(C(F)(F)F)cc3)C3CC3)C2)s1. The van der Waals surface area contributed by atoms with Crippen molar-refractivity contribution in [1.29, 1.82) is 0 Å². The molecule has 0 bridgehead atoms. The zero-order valence-corrected chi connectivity index (χ0v) is 19.3. The van der Waals surface area contributed by atoms with Crippen LogP contribution in [-0.4, -0.2) is 42.7 Å². The first kappa shape index (κ1) is 23.3. The summed E-state index contributed by atoms with van der Waals surface area (Å²) in [4.78, 5) is 16.0. The van der Waals surface area contributed by atoms with Gasteiger partial charge in [0.15, 0.2) is 0 Å². The fraction of sp³-hybridized carbons (Fsp3) is 0.500. The van der Waals surface area contributed by atoms with E-state index in [1.165, 1.54) is 27.8 Å². The van der Waals surface area contributed by atoms with Crippen molar-refractivity contribution in [2.45, 2.75) is 55.6 Å². The van der Waals surface area contributed by atoms with Crippen molar-refractivity contribution >= 4 is 27.3 Å². The van der Waals surface area contributed by atoms with Crippen LogP contribution in [0.4, 0.5) is 13.2 Å². The van der Waals surface area contributed by atoms with Gasteiger partial charge in [0, 0.05) is 30.6 Å². The van der Waals surface area contributed by atoms with Crippen molar-refractivity contribution < 1.29 is 26.4 Å². The highest BCUT2D eigenvalue weighted by molar-refractivity contribution is 7.91. The smallest absolute Gasteiger partial charge is 0.335 e. The van der Waals surface area contributed by atoms with Gasteiger partial charge in [-0.05, 0) is 62.4 Å². The monoisotopic (exact) mass is 486 g/mol. The summed E-state index contributed by atoms with van der Waals surface area (Å²) < 4.78 is 66.2. The molecule has 1 aromatic heterocycles. The molecule has 0 spiro atoms. The second-order valence-electron chi connectivity index (χ2n) is 8.46. The highest BCUT2D eigenvalue weighted by Crippen LogP contribution is 2.34. The number of carbonyl (C=O) groups is 1. The molecule has 0 radical (unpaired) electrons. The molecule has 1 aliphatic carbocycles. The van der Waals surface area contributed by atoms with Crippen LogP contribution in [0.3, 0.4) is 0 Å². The van der Waals surface area contributed by atoms with E-state index in [0.29, 0.717) is 24.9 Å². The third-order valence-electron chi connectivity index (χ3n) is 5.95. The molecule has 1 aromatic carbocycles. The maximum atomic E-state index is 13.4. The second kappa shape index (κ2) is 8.79. The fourth-order valence-corrected chi connectivity index (χ4v) is 7.01. The summed E-state index contributed by atoms with van der Waals surface area (Å²) in [6.45, 7) is 2.59. The van der Waals surface area contributed by atoms with Gasteiger partial charge in [-0.1, -0.05) is 12.1 Å². The number of piperidine rings is 1. The average molecular weight is 487 g/mol. The molecule has 2 heterocycles. The van der Waals surface area contributed by atoms with Crippen LogP contribution in [0.15, 0.2) is 40.6 Å². The van der Waals surface area contributed by atoms with Crippen molar-refractivity contribution in [3.8, 4) is 0 Å². The van der Waals surface area contributed by atoms with Gasteiger partial charge in [0.05, 0.1) is 11.5 Å². The average Bonchev–Trinajstić information content (AvgIpc) is 3.50. The first-order valence-corrected chi connectivity index (χ1v) is 12.8. The van der Waals surface area contributed by atoms with Gasteiger partial charge in [-0.25, -0.2) is 8.42 Å². The number of sulfonamides is 1. The Kier molecular flexibility index (Phi) is 6.39. The van der Waals surface area contributed by atoms with Gasteiger partial charge in [0.25, 0.3) is 10.0 Å². The molecule has 174 valence electrons. The zero-order valence-electron chi connectivity index (χ0n) is 17.6. The minimum atomic E-state index is -4.40. The lowest BCUT2D eigenvalue weighted by atomic mass is 9.97. The quantitative estimate of drug-likeness (QED) is 0.597. The molecule has 1 aliphatic heterocycles. The molecule has 0 N–H and O–H groups in total. The van der Waals surface area contributed by atoms with Crippen molar-refractivity contribution in [2.75, 3.05) is 13.1 Å². The van der Waals surface area contributed by atoms with Gasteiger partial charge in [0.1, 0.15) is 4.21 Å². The van der Waals surface area contributed by atoms with E-state index in [-0.39, 0.29) is 29.2 Å². The van der Waals surface area contributed by atoms with Crippen LogP contribution in [0.2, 0.25) is 0 Å². The Balaban J connectivity index is 1.47. The molecule has 1 atom stereocenters. The van der Waals surface area contributed by atoms with Crippen molar-refractivity contribution in [3.63, 3.8) is 0 Å². The minimum Gasteiger partial charge on any atom is -0.335 e. The van der Waals surface area contributed by atoms with E-state index >= 15 is 0 Å². The number of hydrogen-bond acceptors (Lipinski definition) is 4. The van der Waals surface area contributed by atoms with Crippen molar-refractivity contribution in [2.24, 2.45) is 5.92 Å². The summed E-state index contributed by atoms with van der Waals surface area (Å²) in [5.41, 5.74) is -0.0879. The number of carbonyl (C=O) groups excluding carboxylic acids is 1. The Bertz CT molecular complexity index is 1080. The molecular formula is C22H25F3N2O3S2. The molecule has 10 heteroatoms. The number of rotatable bonds is 6. The molecule has 1 saturated carbocycles. The van der Waals surface area contributed by atoms with Gasteiger partial charge in [-0.3, -0.25) is 4.79 Å². The summed E-state index contributed by atoms with van der Waals surface area (Å²) in [6, 6.07) is 8.30. The van der Waals surface area contributed by atoms with Gasteiger partial charge in [0.2, 0.25) is 5.91 Å². The fourth-order valence-electron chi connectivity index (χ4n) is 4.04. The van der Waals surface area contributed by atoms with Crippen LogP contribution < -0.4 is 0 Å². The Morgan fingerprint density at radius 2 is 1.81 bits per heavy atom. The predicted octanol–water partition coefficient (Wildman–Crippen LogP) is 4.67. The lowest BCUT2D eigenvalue weighted by Crippen LogP contribution is -2.47. The first-order chi connectivity index (χ1) is 15.1. The van der Waals surface area contributed by atoms with E-state index in [4.69, 9.17) is 0 Å². The number of thiophene rings is 1. The molecule has 1 saturated heterocycles. The summed E-state index contributed by atoms with van der Waals surface area (Å²) in [5, 5.41) is 0. The number of alkyl halides is 3. The molecule has 4 rings (SSSR count). The van der Waals surface area contributed by atoms with E-state index in [0.717, 1.165) is 29.9 Å². The van der Waals surface area contributed by atoms with Gasteiger partial charge in [-0.2, -0.15) is 17.5 Å². The number of aryl methyl sites for hydroxylation is 1. The van der Waals surface area contributed by atoms with E-state index in [2.05, 4.69) is 0 Å². The zero-order chi connectivity index (χ0) is 23.1. The van der Waals surface area contributed by atoms with Crippen LogP contribution in [0, 0.1) is 12.8 Å². The van der Waals surface area contributed by atoms with Crippen LogP contribution in [0.25, 0.3) is 0 Å². The summed E-state index contributed by atoms with van der Waals surface area (Å²) in [6.07, 6.45) is -1.49. The number of halogens is 3. The van der Waals surface area contributed by atoms with Gasteiger partial charge in [-0.15, -0.1) is 11.3 Å². The van der Waals surface area contributed by atoms with Crippen molar-refractivity contribution in [3.05, 3.63) is 52.4 Å². The van der Waals surface area contributed by atoms with Crippen LogP contribution >= 0.6 is 11.3 Å². The molecule has 2 fully saturated rings. The van der Waals surface area contributed by atoms with E-state index in [1.54, 1.807) is 17.0 Å². The van der Waals surface area contributed by atoms with Crippen LogP contribution in [0.5, 0.6) is 0 Å². The molecule has 32 heavy (non-hydrogen) atoms. The summed E-state index contributed by atoms with van der Waals surface area (Å²) >= 11 is 1.22. The third kappa shape index (κ3) is 5.02. The first-order valence-electron chi connectivity index (χ1n) is 10.6. The van der Waals surface area contributed by atoms with Crippen molar-refractivity contribution in [1.82, 2.24) is 9.21 Å². The Morgan fingerprint density at radius 3 is 2.38 bits per heavy atom. The number of hydrogen-bond donors (Lipinski definition) is 0. The number of nitrogens with zero attached hydrogens (tertiary/aromatic N) is 2. The highest BCUT2D eigenvalue weighted by Gasteiger charge is 2.40. The lowest BCUT2D eigenvalue weighted by Gasteiger charge is -2.34. The maximum Gasteiger partial charge on any atom is 0.416 e. The molecule has 5 nitrogen and oxygen atoms in total. The van der Waals surface area contributed by atoms with Gasteiger partial charge >= 0.3 is 6.18 Å². The van der Waals surface area contributed by atoms with E-state index < -0.39 is 27.7 Å². The lowest BCUT2D eigenvalue weighted by molar-refractivity contribution is -0.139. The number of amides is 1. The molecule has 1 unspecified atom stereocenters. The Labute approximate surface area is 189 Å². The minimum absolute atomic E-state index is 0.0664. The number of benzene rings is 1. The van der Waals surface area contributed by atoms with E-state index in [9.17, 15) is 26.4 Å². The maximum absolute atomic E-state index is 13.4. The predicted molar refractivity (Wildman–Crippen MR) is 116 cm³/mol. The van der Waals surface area contributed by atoms with Crippen LogP contribution in [0.1, 0.15) is 41.7 Å². The topological polar surface area (TPSA) is 57.7 Å². The second-order valence-corrected chi connectivity index (χ2v) is 11.9. The molecule has 1 amide bonds. The van der Waals surface area contributed by atoms with Gasteiger partial charge < -0.3 is 4.90 Å². The largest absolute Gasteiger partial charge is 0.416 e. The summed E-state index contributed by atoms with van der Waals surface area (Å²) in [7, 11) is -3.64. The normalized spacial score (nSPS) is 20.3. The summed E-state index contributed by atoms with van der Waals surface area (Å²) in [5.74, 6) is -0.565. The molecule has 2 aliphatic rings. The highest BCUT2D eigenvalue weighted by atomic mass is 32.2. The Hall–Kier alpha value is -1.91. The standard InChI is InChI=1S/C22H25F3N2O3S2/c1-15-4-11-20(31-15)32(29,30)26-12-2-3-17(14-26)21(28)27(19-9-10-19)13-16-5-7-18(8-6-16)22(23,24)25/h4-8,11,17,19H,2-3,9-10,12-14H2,1H3.